The highest BCUT2D eigenvalue weighted by atomic mass is 79.9. The van der Waals surface area contributed by atoms with Crippen molar-refractivity contribution < 1.29 is 24.2 Å². The average molecular weight is 645 g/mol. The SMILES string of the molecule is COc1cc(CC(=O)NN(c2ccc(OCc3ccccc3)cc2)c2ccccc2N2CCCCC2)c(Br)cc1C(=O)O. The molecule has 2 N–H and O–H groups in total. The van der Waals surface area contributed by atoms with Gasteiger partial charge in [-0.3, -0.25) is 15.2 Å². The van der Waals surface area contributed by atoms with Gasteiger partial charge in [0.15, 0.2) is 0 Å². The van der Waals surface area contributed by atoms with Gasteiger partial charge in [-0.05, 0) is 78.9 Å². The van der Waals surface area contributed by atoms with Crippen LogP contribution < -0.4 is 24.8 Å². The first kappa shape index (κ1) is 30.0. The van der Waals surface area contributed by atoms with Crippen LogP contribution in [-0.2, 0) is 17.8 Å². The zero-order valence-corrected chi connectivity index (χ0v) is 25.5. The molecule has 1 amide bonds. The first-order valence-electron chi connectivity index (χ1n) is 14.2. The molecule has 4 aromatic carbocycles. The van der Waals surface area contributed by atoms with Crippen molar-refractivity contribution in [1.82, 2.24) is 5.43 Å². The molecule has 1 heterocycles. The van der Waals surface area contributed by atoms with Crippen LogP contribution in [0.15, 0.2) is 95.5 Å². The first-order valence-corrected chi connectivity index (χ1v) is 15.0. The van der Waals surface area contributed by atoms with Crippen LogP contribution in [0, 0.1) is 0 Å². The topological polar surface area (TPSA) is 91.3 Å². The highest BCUT2D eigenvalue weighted by Crippen LogP contribution is 2.35. The molecular weight excluding hydrogens is 610 g/mol. The number of methoxy groups -OCH3 is 1. The van der Waals surface area contributed by atoms with Gasteiger partial charge >= 0.3 is 5.97 Å². The van der Waals surface area contributed by atoms with Crippen LogP contribution in [0.5, 0.6) is 11.5 Å². The fourth-order valence-electron chi connectivity index (χ4n) is 5.16. The Morgan fingerprint density at radius 2 is 1.63 bits per heavy atom. The molecule has 1 aliphatic rings. The first-order chi connectivity index (χ1) is 20.9. The molecule has 9 heteroatoms. The lowest BCUT2D eigenvalue weighted by molar-refractivity contribution is -0.120. The van der Waals surface area contributed by atoms with Gasteiger partial charge in [-0.2, -0.15) is 0 Å². The Bertz CT molecular complexity index is 1560. The number of halogens is 1. The van der Waals surface area contributed by atoms with Gasteiger partial charge in [-0.1, -0.05) is 58.4 Å². The normalized spacial score (nSPS) is 12.8. The van der Waals surface area contributed by atoms with E-state index in [4.69, 9.17) is 9.47 Å². The van der Waals surface area contributed by atoms with Crippen molar-refractivity contribution in [2.24, 2.45) is 0 Å². The molecule has 4 aromatic rings. The maximum absolute atomic E-state index is 13.6. The van der Waals surface area contributed by atoms with Gasteiger partial charge in [0.2, 0.25) is 5.91 Å². The number of para-hydroxylation sites is 2. The number of rotatable bonds is 11. The van der Waals surface area contributed by atoms with Gasteiger partial charge in [0.25, 0.3) is 0 Å². The Kier molecular flexibility index (Phi) is 9.84. The van der Waals surface area contributed by atoms with Crippen molar-refractivity contribution in [2.45, 2.75) is 32.3 Å². The minimum Gasteiger partial charge on any atom is -0.496 e. The molecule has 1 fully saturated rings. The summed E-state index contributed by atoms with van der Waals surface area (Å²) < 4.78 is 11.8. The van der Waals surface area contributed by atoms with Crippen LogP contribution >= 0.6 is 15.9 Å². The minimum atomic E-state index is -1.11. The number of carboxylic acid groups (broad SMARTS) is 1. The van der Waals surface area contributed by atoms with E-state index in [1.807, 2.05) is 77.8 Å². The van der Waals surface area contributed by atoms with Crippen molar-refractivity contribution in [1.29, 1.82) is 0 Å². The van der Waals surface area contributed by atoms with Gasteiger partial charge in [0, 0.05) is 17.6 Å². The van der Waals surface area contributed by atoms with E-state index in [2.05, 4.69) is 32.3 Å². The molecule has 8 nitrogen and oxygen atoms in total. The predicted octanol–water partition coefficient (Wildman–Crippen LogP) is 7.14. The molecule has 5 rings (SSSR count). The molecular formula is C34H34BrN3O5. The number of amides is 1. The highest BCUT2D eigenvalue weighted by molar-refractivity contribution is 9.10. The van der Waals surface area contributed by atoms with E-state index < -0.39 is 5.97 Å². The summed E-state index contributed by atoms with van der Waals surface area (Å²) >= 11 is 3.43. The molecule has 1 saturated heterocycles. The number of benzene rings is 4. The zero-order chi connectivity index (χ0) is 30.2. The lowest BCUT2D eigenvalue weighted by atomic mass is 10.1. The van der Waals surface area contributed by atoms with Crippen LogP contribution in [0.1, 0.15) is 40.7 Å². The number of ether oxygens (including phenoxy) is 2. The van der Waals surface area contributed by atoms with E-state index in [1.54, 1.807) is 6.07 Å². The van der Waals surface area contributed by atoms with E-state index in [9.17, 15) is 14.7 Å². The summed E-state index contributed by atoms with van der Waals surface area (Å²) in [7, 11) is 1.41. The lowest BCUT2D eigenvalue weighted by Crippen LogP contribution is -2.41. The van der Waals surface area contributed by atoms with Gasteiger partial charge in [-0.15, -0.1) is 0 Å². The second-order valence-corrected chi connectivity index (χ2v) is 11.2. The van der Waals surface area contributed by atoms with E-state index >= 15 is 0 Å². The number of nitrogens with zero attached hydrogens (tertiary/aromatic N) is 2. The summed E-state index contributed by atoms with van der Waals surface area (Å²) in [5.41, 5.74) is 7.47. The van der Waals surface area contributed by atoms with E-state index in [-0.39, 0.29) is 23.6 Å². The lowest BCUT2D eigenvalue weighted by Gasteiger charge is -2.34. The summed E-state index contributed by atoms with van der Waals surface area (Å²) in [5.74, 6) is -0.469. The Hall–Kier alpha value is -4.50. The number of anilines is 3. The Balaban J connectivity index is 1.42. The molecule has 43 heavy (non-hydrogen) atoms. The number of piperidine rings is 1. The maximum Gasteiger partial charge on any atom is 0.339 e. The third kappa shape index (κ3) is 7.48. The molecule has 0 aromatic heterocycles. The number of carbonyl (C=O) groups excluding carboxylic acids is 1. The molecule has 222 valence electrons. The monoisotopic (exact) mass is 643 g/mol. The van der Waals surface area contributed by atoms with Crippen molar-refractivity contribution in [2.75, 3.05) is 30.1 Å². The Labute approximate surface area is 259 Å². The van der Waals surface area contributed by atoms with Crippen molar-refractivity contribution in [3.8, 4) is 11.5 Å². The second kappa shape index (κ2) is 14.1. The third-order valence-corrected chi connectivity index (χ3v) is 8.09. The molecule has 0 unspecified atom stereocenters. The Morgan fingerprint density at radius 3 is 2.33 bits per heavy atom. The molecule has 0 bridgehead atoms. The molecule has 0 saturated carbocycles. The molecule has 0 aliphatic carbocycles. The van der Waals surface area contributed by atoms with Crippen molar-refractivity contribution in [3.05, 3.63) is 112 Å². The van der Waals surface area contributed by atoms with Gasteiger partial charge in [0.1, 0.15) is 23.7 Å². The minimum absolute atomic E-state index is 0.00249. The zero-order valence-electron chi connectivity index (χ0n) is 24.0. The number of carbonyl (C=O) groups is 2. The smallest absolute Gasteiger partial charge is 0.339 e. The number of hydrazine groups is 1. The van der Waals surface area contributed by atoms with Crippen LogP contribution in [0.4, 0.5) is 17.1 Å². The number of hydrogen-bond donors (Lipinski definition) is 2. The molecule has 1 aliphatic heterocycles. The number of hydrogen-bond acceptors (Lipinski definition) is 6. The van der Waals surface area contributed by atoms with Gasteiger partial charge in [0.05, 0.1) is 30.6 Å². The highest BCUT2D eigenvalue weighted by Gasteiger charge is 2.22. The summed E-state index contributed by atoms with van der Waals surface area (Å²) in [4.78, 5) is 27.6. The molecule has 0 radical (unpaired) electrons. The van der Waals surface area contributed by atoms with Crippen LogP contribution in [0.3, 0.4) is 0 Å². The second-order valence-electron chi connectivity index (χ2n) is 10.3. The van der Waals surface area contributed by atoms with Crippen LogP contribution in [0.25, 0.3) is 0 Å². The van der Waals surface area contributed by atoms with E-state index in [0.717, 1.165) is 54.3 Å². The maximum atomic E-state index is 13.6. The number of aromatic carboxylic acids is 1. The summed E-state index contributed by atoms with van der Waals surface area (Å²) in [6.45, 7) is 2.36. The largest absolute Gasteiger partial charge is 0.496 e. The van der Waals surface area contributed by atoms with Crippen molar-refractivity contribution >= 4 is 44.9 Å². The van der Waals surface area contributed by atoms with Crippen LogP contribution in [-0.4, -0.2) is 37.2 Å². The van der Waals surface area contributed by atoms with E-state index in [1.165, 1.54) is 19.6 Å². The standard InChI is InChI=1S/C34H34BrN3O5/c1-42-32-20-25(29(35)22-28(32)34(40)41)21-33(39)36-38(31-13-7-6-12-30(31)37-18-8-3-9-19-37)26-14-16-27(17-15-26)43-23-24-10-4-2-5-11-24/h2,4-7,10-17,20,22H,3,8-9,18-19,21,23H2,1H3,(H,36,39)(H,40,41). The van der Waals surface area contributed by atoms with Crippen molar-refractivity contribution in [3.63, 3.8) is 0 Å². The van der Waals surface area contributed by atoms with E-state index in [0.29, 0.717) is 16.6 Å². The predicted molar refractivity (Wildman–Crippen MR) is 171 cm³/mol. The fourth-order valence-corrected chi connectivity index (χ4v) is 5.64. The summed E-state index contributed by atoms with van der Waals surface area (Å²) in [5, 5.41) is 11.3. The van der Waals surface area contributed by atoms with Gasteiger partial charge < -0.3 is 19.5 Å². The molecule has 0 atom stereocenters. The van der Waals surface area contributed by atoms with Gasteiger partial charge in [-0.25, -0.2) is 4.79 Å². The summed E-state index contributed by atoms with van der Waals surface area (Å²) in [6.07, 6.45) is 3.45. The molecule has 0 spiro atoms. The quantitative estimate of drug-likeness (QED) is 0.168. The van der Waals surface area contributed by atoms with Crippen LogP contribution in [0.2, 0.25) is 0 Å². The third-order valence-electron chi connectivity index (χ3n) is 7.35. The number of carboxylic acids is 1. The summed E-state index contributed by atoms with van der Waals surface area (Å²) in [6, 6.07) is 28.7. The fraction of sp³-hybridized carbons (Fsp3) is 0.235. The average Bonchev–Trinajstić information content (AvgIpc) is 3.04. The Morgan fingerprint density at radius 1 is 0.930 bits per heavy atom. The number of nitrogens with one attached hydrogen (secondary N) is 1.